The molecule has 2 aromatic carbocycles. The van der Waals surface area contributed by atoms with E-state index in [1.807, 2.05) is 0 Å². The molecule has 124 valence electrons. The standard InChI is InChI=1S/C17H11N3O5/c18-10-12(9-11-5-7-13(8-6-11)20(24)25)16(21)19-15-4-2-1-3-14(15)17(22)23/h1-9H,(H,19,21)(H,22,23)/b12-9+. The minimum atomic E-state index is -1.21. The molecular formula is C17H11N3O5. The Balaban J connectivity index is 2.26. The van der Waals surface area contributed by atoms with Crippen molar-refractivity contribution < 1.29 is 19.6 Å². The van der Waals surface area contributed by atoms with Crippen LogP contribution in [0.3, 0.4) is 0 Å². The van der Waals surface area contributed by atoms with Crippen molar-refractivity contribution in [2.45, 2.75) is 0 Å². The van der Waals surface area contributed by atoms with Gasteiger partial charge in [-0.1, -0.05) is 12.1 Å². The molecule has 0 saturated carbocycles. The van der Waals surface area contributed by atoms with E-state index in [0.717, 1.165) is 0 Å². The lowest BCUT2D eigenvalue weighted by Gasteiger charge is -2.07. The summed E-state index contributed by atoms with van der Waals surface area (Å²) in [7, 11) is 0. The zero-order chi connectivity index (χ0) is 18.4. The molecule has 0 saturated heterocycles. The number of carbonyl (C=O) groups excluding carboxylic acids is 1. The first kappa shape index (κ1) is 17.4. The van der Waals surface area contributed by atoms with E-state index in [4.69, 9.17) is 10.4 Å². The van der Waals surface area contributed by atoms with Crippen molar-refractivity contribution in [1.82, 2.24) is 0 Å². The molecule has 0 aromatic heterocycles. The second kappa shape index (κ2) is 7.52. The Morgan fingerprint density at radius 3 is 2.36 bits per heavy atom. The fraction of sp³-hybridized carbons (Fsp3) is 0. The average Bonchev–Trinajstić information content (AvgIpc) is 2.60. The molecular weight excluding hydrogens is 326 g/mol. The lowest BCUT2D eigenvalue weighted by Crippen LogP contribution is -2.16. The third-order valence-electron chi connectivity index (χ3n) is 3.19. The van der Waals surface area contributed by atoms with Crippen LogP contribution in [0.15, 0.2) is 54.1 Å². The quantitative estimate of drug-likeness (QED) is 0.373. The second-order valence-corrected chi connectivity index (χ2v) is 4.82. The molecule has 0 bridgehead atoms. The predicted octanol–water partition coefficient (Wildman–Crippen LogP) is 2.84. The number of rotatable bonds is 5. The summed E-state index contributed by atoms with van der Waals surface area (Å²) in [5, 5.41) is 31.2. The summed E-state index contributed by atoms with van der Waals surface area (Å²) in [5.74, 6) is -2.00. The van der Waals surface area contributed by atoms with Crippen LogP contribution in [0.2, 0.25) is 0 Å². The molecule has 2 N–H and O–H groups in total. The number of hydrogen-bond acceptors (Lipinski definition) is 5. The molecule has 0 radical (unpaired) electrons. The maximum atomic E-state index is 12.2. The van der Waals surface area contributed by atoms with Gasteiger partial charge >= 0.3 is 5.97 Å². The molecule has 0 atom stereocenters. The van der Waals surface area contributed by atoms with Crippen molar-refractivity contribution in [1.29, 1.82) is 5.26 Å². The number of hydrogen-bond donors (Lipinski definition) is 2. The van der Waals surface area contributed by atoms with E-state index < -0.39 is 16.8 Å². The number of non-ortho nitro benzene ring substituents is 1. The smallest absolute Gasteiger partial charge is 0.337 e. The summed E-state index contributed by atoms with van der Waals surface area (Å²) in [6, 6.07) is 12.8. The number of nitro groups is 1. The monoisotopic (exact) mass is 337 g/mol. The summed E-state index contributed by atoms with van der Waals surface area (Å²) < 4.78 is 0. The Bertz CT molecular complexity index is 911. The summed E-state index contributed by atoms with van der Waals surface area (Å²) in [4.78, 5) is 33.4. The van der Waals surface area contributed by atoms with Gasteiger partial charge in [0, 0.05) is 12.1 Å². The first-order chi connectivity index (χ1) is 11.9. The Kier molecular flexibility index (Phi) is 5.22. The van der Waals surface area contributed by atoms with Crippen molar-refractivity contribution in [3.63, 3.8) is 0 Å². The normalized spacial score (nSPS) is 10.6. The van der Waals surface area contributed by atoms with Gasteiger partial charge in [-0.05, 0) is 35.9 Å². The van der Waals surface area contributed by atoms with Crippen LogP contribution < -0.4 is 5.32 Å². The average molecular weight is 337 g/mol. The molecule has 0 aliphatic carbocycles. The molecule has 0 aliphatic rings. The van der Waals surface area contributed by atoms with Gasteiger partial charge in [0.05, 0.1) is 16.2 Å². The van der Waals surface area contributed by atoms with E-state index in [9.17, 15) is 19.7 Å². The highest BCUT2D eigenvalue weighted by Crippen LogP contribution is 2.18. The largest absolute Gasteiger partial charge is 0.478 e. The number of nitrogens with one attached hydrogen (secondary N) is 1. The van der Waals surface area contributed by atoms with Gasteiger partial charge in [0.25, 0.3) is 11.6 Å². The molecule has 0 heterocycles. The van der Waals surface area contributed by atoms with Gasteiger partial charge in [-0.2, -0.15) is 5.26 Å². The van der Waals surface area contributed by atoms with Crippen molar-refractivity contribution >= 4 is 29.3 Å². The lowest BCUT2D eigenvalue weighted by atomic mass is 10.1. The fourth-order valence-electron chi connectivity index (χ4n) is 1.98. The number of carboxylic acids is 1. The highest BCUT2D eigenvalue weighted by atomic mass is 16.6. The topological polar surface area (TPSA) is 133 Å². The summed E-state index contributed by atoms with van der Waals surface area (Å²) in [6.45, 7) is 0. The van der Waals surface area contributed by atoms with Crippen LogP contribution in [0.25, 0.3) is 6.08 Å². The van der Waals surface area contributed by atoms with Crippen LogP contribution in [0, 0.1) is 21.4 Å². The molecule has 0 fully saturated rings. The minimum Gasteiger partial charge on any atom is -0.478 e. The van der Waals surface area contributed by atoms with Gasteiger partial charge in [-0.3, -0.25) is 14.9 Å². The summed E-state index contributed by atoms with van der Waals surface area (Å²) >= 11 is 0. The first-order valence-electron chi connectivity index (χ1n) is 6.92. The highest BCUT2D eigenvalue weighted by Gasteiger charge is 2.15. The Labute approximate surface area is 141 Å². The van der Waals surface area contributed by atoms with Crippen LogP contribution in [0.1, 0.15) is 15.9 Å². The third-order valence-corrected chi connectivity index (χ3v) is 3.19. The maximum absolute atomic E-state index is 12.2. The number of carboxylic acid groups (broad SMARTS) is 1. The first-order valence-corrected chi connectivity index (χ1v) is 6.92. The molecule has 1 amide bonds. The van der Waals surface area contributed by atoms with Crippen LogP contribution in [0.5, 0.6) is 0 Å². The van der Waals surface area contributed by atoms with Gasteiger partial charge < -0.3 is 10.4 Å². The number of carbonyl (C=O) groups is 2. The number of aromatic carboxylic acids is 1. The van der Waals surface area contributed by atoms with Gasteiger partial charge in [0.2, 0.25) is 0 Å². The second-order valence-electron chi connectivity index (χ2n) is 4.82. The van der Waals surface area contributed by atoms with Gasteiger partial charge in [0.1, 0.15) is 11.6 Å². The molecule has 0 spiro atoms. The molecule has 2 aromatic rings. The van der Waals surface area contributed by atoms with Crippen molar-refractivity contribution in [2.24, 2.45) is 0 Å². The van der Waals surface area contributed by atoms with Crippen LogP contribution >= 0.6 is 0 Å². The minimum absolute atomic E-state index is 0.0600. The molecule has 0 aliphatic heterocycles. The van der Waals surface area contributed by atoms with E-state index in [2.05, 4.69) is 5.32 Å². The van der Waals surface area contributed by atoms with E-state index in [-0.39, 0.29) is 22.5 Å². The van der Waals surface area contributed by atoms with E-state index in [0.29, 0.717) is 5.56 Å². The highest BCUT2D eigenvalue weighted by molar-refractivity contribution is 6.11. The number of anilines is 1. The number of benzene rings is 2. The Morgan fingerprint density at radius 1 is 1.16 bits per heavy atom. The summed E-state index contributed by atoms with van der Waals surface area (Å²) in [5.41, 5.74) is -0.0123. The number of nitrogens with zero attached hydrogens (tertiary/aromatic N) is 2. The molecule has 0 unspecified atom stereocenters. The fourth-order valence-corrected chi connectivity index (χ4v) is 1.98. The van der Waals surface area contributed by atoms with E-state index in [1.165, 1.54) is 48.5 Å². The van der Waals surface area contributed by atoms with E-state index in [1.54, 1.807) is 12.1 Å². The Hall–Kier alpha value is -3.99. The van der Waals surface area contributed by atoms with Crippen LogP contribution in [-0.2, 0) is 4.79 Å². The molecule has 8 nitrogen and oxygen atoms in total. The van der Waals surface area contributed by atoms with Crippen molar-refractivity contribution in [3.05, 3.63) is 75.3 Å². The number of nitro benzene ring substituents is 1. The molecule has 8 heteroatoms. The van der Waals surface area contributed by atoms with Crippen molar-refractivity contribution in [2.75, 3.05) is 5.32 Å². The Morgan fingerprint density at radius 2 is 1.80 bits per heavy atom. The van der Waals surface area contributed by atoms with Crippen molar-refractivity contribution in [3.8, 4) is 6.07 Å². The van der Waals surface area contributed by atoms with Gasteiger partial charge in [-0.25, -0.2) is 4.79 Å². The number of nitriles is 1. The maximum Gasteiger partial charge on any atom is 0.337 e. The zero-order valence-corrected chi connectivity index (χ0v) is 12.7. The summed E-state index contributed by atoms with van der Waals surface area (Å²) in [6.07, 6.45) is 1.25. The molecule has 25 heavy (non-hydrogen) atoms. The number of para-hydroxylation sites is 1. The zero-order valence-electron chi connectivity index (χ0n) is 12.7. The SMILES string of the molecule is N#C/C(=C\c1ccc([N+](=O)[O-])cc1)C(=O)Nc1ccccc1C(=O)O. The molecule has 2 rings (SSSR count). The van der Waals surface area contributed by atoms with E-state index >= 15 is 0 Å². The van der Waals surface area contributed by atoms with Crippen LogP contribution in [0.4, 0.5) is 11.4 Å². The van der Waals surface area contributed by atoms with Gasteiger partial charge in [0.15, 0.2) is 0 Å². The third kappa shape index (κ3) is 4.27. The van der Waals surface area contributed by atoms with Gasteiger partial charge in [-0.15, -0.1) is 0 Å². The lowest BCUT2D eigenvalue weighted by molar-refractivity contribution is -0.384. The van der Waals surface area contributed by atoms with Crippen LogP contribution in [-0.4, -0.2) is 21.9 Å². The number of amides is 1. The predicted molar refractivity (Wildman–Crippen MR) is 88.7 cm³/mol.